The fourth-order valence-corrected chi connectivity index (χ4v) is 5.10. The van der Waals surface area contributed by atoms with Gasteiger partial charge in [0.15, 0.2) is 11.6 Å². The maximum Gasteiger partial charge on any atom is 0.408 e. The molecule has 1 heterocycles. The van der Waals surface area contributed by atoms with Crippen LogP contribution in [0.1, 0.15) is 19.7 Å². The Morgan fingerprint density at radius 2 is 1.96 bits per heavy atom. The molecule has 1 N–H and O–H groups in total. The molecule has 0 fully saturated rings. The van der Waals surface area contributed by atoms with Crippen LogP contribution >= 0.6 is 42.4 Å². The summed E-state index contributed by atoms with van der Waals surface area (Å²) in [6.45, 7) is 4.34. The molecule has 1 rings (SSSR count). The molecule has 0 spiro atoms. The van der Waals surface area contributed by atoms with Gasteiger partial charge in [0.25, 0.3) is 0 Å². The van der Waals surface area contributed by atoms with Gasteiger partial charge >= 0.3 is 19.5 Å². The predicted molar refractivity (Wildman–Crippen MR) is 103 cm³/mol. The number of aryl methyl sites for hydroxylation is 1. The number of alkyl halides is 3. The minimum atomic E-state index is -4.03. The smallest absolute Gasteiger partial charge is 0.408 e. The molecule has 28 heavy (non-hydrogen) atoms. The average Bonchev–Trinajstić information content (AvgIpc) is 2.93. The van der Waals surface area contributed by atoms with Crippen molar-refractivity contribution in [1.82, 2.24) is 14.9 Å². The summed E-state index contributed by atoms with van der Waals surface area (Å²) in [6, 6.07) is 0. The molecule has 0 aromatic carbocycles. The highest BCUT2D eigenvalue weighted by atomic mass is 35.6. The fourth-order valence-electron chi connectivity index (χ4n) is 2.15. The predicted octanol–water partition coefficient (Wildman–Crippen LogP) is 3.79. The average molecular weight is 482 g/mol. The Morgan fingerprint density at radius 3 is 2.43 bits per heavy atom. The summed E-state index contributed by atoms with van der Waals surface area (Å²) < 4.78 is 27.1. The molecule has 1 amide bonds. The van der Waals surface area contributed by atoms with Gasteiger partial charge in [0.05, 0.1) is 13.2 Å². The first-order chi connectivity index (χ1) is 13.0. The third kappa shape index (κ3) is 6.75. The molecule has 11 nitrogen and oxygen atoms in total. The zero-order chi connectivity index (χ0) is 21.5. The lowest BCUT2D eigenvalue weighted by atomic mass is 10.6. The van der Waals surface area contributed by atoms with Gasteiger partial charge in [0.1, 0.15) is 19.3 Å². The van der Waals surface area contributed by atoms with E-state index in [1.807, 2.05) is 0 Å². The quantitative estimate of drug-likeness (QED) is 0.231. The molecule has 160 valence electrons. The highest BCUT2D eigenvalue weighted by Gasteiger charge is 2.50. The van der Waals surface area contributed by atoms with Crippen LogP contribution in [-0.2, 0) is 24.9 Å². The first kappa shape index (κ1) is 24.9. The standard InChI is InChI=1S/C13H20Cl3N4O7P/c1-4-26-28(24,27-5-2)11(13(14,15)16)18-12(21)25-7-6-19-9(3)17-8-10(19)20(22)23/h8,11H,4-7H2,1-3H3,(H,18,21)/t11-/m0/s1. The Balaban J connectivity index is 2.81. The monoisotopic (exact) mass is 480 g/mol. The lowest BCUT2D eigenvalue weighted by Gasteiger charge is -2.31. The van der Waals surface area contributed by atoms with Gasteiger partial charge in [-0.3, -0.25) is 4.57 Å². The number of carbonyl (C=O) groups is 1. The molecule has 0 unspecified atom stereocenters. The molecular formula is C13H20Cl3N4O7P. The normalized spacial score (nSPS) is 13.2. The first-order valence-corrected chi connectivity index (χ1v) is 10.8. The van der Waals surface area contributed by atoms with Crippen molar-refractivity contribution >= 4 is 54.3 Å². The third-order valence-corrected chi connectivity index (χ3v) is 6.76. The zero-order valence-electron chi connectivity index (χ0n) is 15.3. The molecule has 0 saturated heterocycles. The second kappa shape index (κ2) is 10.6. The van der Waals surface area contributed by atoms with Gasteiger partial charge in [-0.1, -0.05) is 34.8 Å². The van der Waals surface area contributed by atoms with E-state index in [1.165, 1.54) is 4.57 Å². The van der Waals surface area contributed by atoms with Crippen LogP contribution in [-0.4, -0.2) is 50.0 Å². The van der Waals surface area contributed by atoms with E-state index < -0.39 is 28.2 Å². The number of carbonyl (C=O) groups excluding carboxylic acids is 1. The van der Waals surface area contributed by atoms with Crippen LogP contribution in [0.25, 0.3) is 0 Å². The second-order valence-corrected chi connectivity index (χ2v) is 9.65. The molecule has 15 heteroatoms. The molecule has 0 aliphatic carbocycles. The molecule has 0 aliphatic heterocycles. The van der Waals surface area contributed by atoms with Crippen molar-refractivity contribution in [3.05, 3.63) is 22.1 Å². The fraction of sp³-hybridized carbons (Fsp3) is 0.692. The third-order valence-electron chi connectivity index (χ3n) is 3.27. The van der Waals surface area contributed by atoms with E-state index in [4.69, 9.17) is 48.6 Å². The molecule has 1 atom stereocenters. The van der Waals surface area contributed by atoms with Crippen LogP contribution in [0.5, 0.6) is 0 Å². The molecular weight excluding hydrogens is 461 g/mol. The number of rotatable bonds is 10. The topological polar surface area (TPSA) is 135 Å². The molecule has 0 bridgehead atoms. The number of hydrogen-bond donors (Lipinski definition) is 1. The molecule has 0 radical (unpaired) electrons. The minimum Gasteiger partial charge on any atom is -0.445 e. The van der Waals surface area contributed by atoms with E-state index in [0.717, 1.165) is 6.20 Å². The second-order valence-electron chi connectivity index (χ2n) is 5.17. The maximum absolute atomic E-state index is 12.9. The van der Waals surface area contributed by atoms with E-state index in [0.29, 0.717) is 5.82 Å². The highest BCUT2D eigenvalue weighted by molar-refractivity contribution is 7.55. The van der Waals surface area contributed by atoms with E-state index >= 15 is 0 Å². The molecule has 1 aromatic heterocycles. The Labute approximate surface area is 176 Å². The number of aromatic nitrogens is 2. The highest BCUT2D eigenvalue weighted by Crippen LogP contribution is 2.58. The van der Waals surface area contributed by atoms with E-state index in [-0.39, 0.29) is 32.2 Å². The van der Waals surface area contributed by atoms with Crippen molar-refractivity contribution < 1.29 is 28.1 Å². The van der Waals surface area contributed by atoms with Crippen LogP contribution in [0.3, 0.4) is 0 Å². The zero-order valence-corrected chi connectivity index (χ0v) is 18.4. The maximum atomic E-state index is 12.9. The summed E-state index contributed by atoms with van der Waals surface area (Å²) >= 11 is 17.5. The van der Waals surface area contributed by atoms with Gasteiger partial charge in [-0.05, 0) is 18.8 Å². The van der Waals surface area contributed by atoms with Crippen LogP contribution in [0.2, 0.25) is 0 Å². The SMILES string of the molecule is CCOP(=O)(OCC)[C@H](NC(=O)OCCn1c([N+](=O)[O-])cnc1C)C(Cl)(Cl)Cl. The van der Waals surface area contributed by atoms with Gasteiger partial charge < -0.3 is 29.2 Å². The summed E-state index contributed by atoms with van der Waals surface area (Å²) in [5.41, 5.74) is 0. The number of imidazole rings is 1. The summed E-state index contributed by atoms with van der Waals surface area (Å²) in [5.74, 6) is -1.52. The minimum absolute atomic E-state index is 0.0190. The lowest BCUT2D eigenvalue weighted by molar-refractivity contribution is -0.392. The first-order valence-electron chi connectivity index (χ1n) is 8.01. The molecule has 1 aromatic rings. The van der Waals surface area contributed by atoms with Gasteiger partial charge in [-0.2, -0.15) is 0 Å². The number of nitrogens with one attached hydrogen (secondary N) is 1. The van der Waals surface area contributed by atoms with Crippen LogP contribution < -0.4 is 5.32 Å². The largest absolute Gasteiger partial charge is 0.445 e. The Hall–Kier alpha value is -1.10. The number of alkyl carbamates (subject to hydrolysis) is 1. The number of nitro groups is 1. The van der Waals surface area contributed by atoms with Crippen molar-refractivity contribution in [1.29, 1.82) is 0 Å². The van der Waals surface area contributed by atoms with Gasteiger partial charge in [-0.25, -0.2) is 14.3 Å². The number of hydrogen-bond acceptors (Lipinski definition) is 8. The molecule has 0 saturated carbocycles. The number of nitrogens with zero attached hydrogens (tertiary/aromatic N) is 3. The van der Waals surface area contributed by atoms with Crippen LogP contribution in [0.15, 0.2) is 6.20 Å². The number of amides is 1. The van der Waals surface area contributed by atoms with E-state index in [9.17, 15) is 19.5 Å². The summed E-state index contributed by atoms with van der Waals surface area (Å²) in [7, 11) is -4.03. The van der Waals surface area contributed by atoms with Gasteiger partial charge in [0, 0.05) is 6.92 Å². The van der Waals surface area contributed by atoms with Gasteiger partial charge in [0.2, 0.25) is 3.79 Å². The van der Waals surface area contributed by atoms with Gasteiger partial charge in [-0.15, -0.1) is 0 Å². The van der Waals surface area contributed by atoms with Crippen molar-refractivity contribution in [3.8, 4) is 0 Å². The van der Waals surface area contributed by atoms with E-state index in [1.54, 1.807) is 20.8 Å². The van der Waals surface area contributed by atoms with Crippen molar-refractivity contribution in [2.75, 3.05) is 19.8 Å². The summed E-state index contributed by atoms with van der Waals surface area (Å²) in [6.07, 6.45) is 0.0192. The molecule has 0 aliphatic rings. The van der Waals surface area contributed by atoms with Crippen molar-refractivity contribution in [2.45, 2.75) is 36.9 Å². The summed E-state index contributed by atoms with van der Waals surface area (Å²) in [4.78, 5) is 26.3. The Bertz CT molecular complexity index is 730. The lowest BCUT2D eigenvalue weighted by Crippen LogP contribution is -2.44. The van der Waals surface area contributed by atoms with Crippen molar-refractivity contribution in [3.63, 3.8) is 0 Å². The van der Waals surface area contributed by atoms with E-state index in [2.05, 4.69) is 10.3 Å². The summed E-state index contributed by atoms with van der Waals surface area (Å²) in [5, 5.41) is 13.1. The Kier molecular flexibility index (Phi) is 9.45. The van der Waals surface area contributed by atoms with Crippen LogP contribution in [0.4, 0.5) is 10.6 Å². The Morgan fingerprint density at radius 1 is 1.39 bits per heavy atom. The number of halogens is 3. The van der Waals surface area contributed by atoms with Crippen LogP contribution in [0, 0.1) is 17.0 Å². The van der Waals surface area contributed by atoms with Crippen molar-refractivity contribution in [2.24, 2.45) is 0 Å². The number of ether oxygens (including phenoxy) is 1.